The minimum absolute atomic E-state index is 0.507. The standard InChI is InChI=1S/C9H20N2O/c1-3-5-9(8-10)12-7-4-6-11-2/h5,11H,3-4,6-8,10H2,1-2H3/b9-5-. The molecule has 12 heavy (non-hydrogen) atoms. The van der Waals surface area contributed by atoms with Gasteiger partial charge in [-0.05, 0) is 32.5 Å². The summed E-state index contributed by atoms with van der Waals surface area (Å²) < 4.78 is 5.43. The van der Waals surface area contributed by atoms with E-state index in [2.05, 4.69) is 12.2 Å². The van der Waals surface area contributed by atoms with Crippen molar-refractivity contribution in [3.63, 3.8) is 0 Å². The first-order valence-corrected chi connectivity index (χ1v) is 4.51. The molecule has 0 heterocycles. The van der Waals surface area contributed by atoms with Crippen molar-refractivity contribution in [1.82, 2.24) is 5.32 Å². The van der Waals surface area contributed by atoms with Crippen LogP contribution in [0.5, 0.6) is 0 Å². The molecule has 0 atom stereocenters. The van der Waals surface area contributed by atoms with E-state index in [1.807, 2.05) is 13.1 Å². The Morgan fingerprint density at radius 3 is 2.83 bits per heavy atom. The lowest BCUT2D eigenvalue weighted by atomic mass is 10.3. The molecule has 0 aromatic heterocycles. The predicted octanol–water partition coefficient (Wildman–Crippen LogP) is 0.865. The van der Waals surface area contributed by atoms with Crippen molar-refractivity contribution in [3.8, 4) is 0 Å². The van der Waals surface area contributed by atoms with Crippen LogP contribution in [0.15, 0.2) is 11.8 Å². The van der Waals surface area contributed by atoms with E-state index in [9.17, 15) is 0 Å². The minimum atomic E-state index is 0.507. The van der Waals surface area contributed by atoms with Gasteiger partial charge >= 0.3 is 0 Å². The van der Waals surface area contributed by atoms with E-state index >= 15 is 0 Å². The van der Waals surface area contributed by atoms with Crippen molar-refractivity contribution in [1.29, 1.82) is 0 Å². The lowest BCUT2D eigenvalue weighted by Crippen LogP contribution is -2.12. The summed E-state index contributed by atoms with van der Waals surface area (Å²) in [6.45, 7) is 4.33. The molecule has 0 saturated carbocycles. The Morgan fingerprint density at radius 2 is 2.33 bits per heavy atom. The molecule has 0 aromatic carbocycles. The van der Waals surface area contributed by atoms with Crippen LogP contribution in [0.1, 0.15) is 19.8 Å². The van der Waals surface area contributed by atoms with Crippen LogP contribution in [0.3, 0.4) is 0 Å². The predicted molar refractivity (Wildman–Crippen MR) is 51.9 cm³/mol. The number of ether oxygens (including phenoxy) is 1. The number of hydrogen-bond acceptors (Lipinski definition) is 3. The van der Waals surface area contributed by atoms with Crippen LogP contribution >= 0.6 is 0 Å². The van der Waals surface area contributed by atoms with Gasteiger partial charge in [-0.25, -0.2) is 0 Å². The first-order valence-electron chi connectivity index (χ1n) is 4.51. The molecule has 0 amide bonds. The first kappa shape index (κ1) is 11.5. The zero-order valence-corrected chi connectivity index (χ0v) is 8.10. The molecule has 0 saturated heterocycles. The van der Waals surface area contributed by atoms with Gasteiger partial charge in [0.2, 0.25) is 0 Å². The Morgan fingerprint density at radius 1 is 1.58 bits per heavy atom. The molecule has 3 heteroatoms. The van der Waals surface area contributed by atoms with E-state index in [1.54, 1.807) is 0 Å². The quantitative estimate of drug-likeness (QED) is 0.442. The summed E-state index contributed by atoms with van der Waals surface area (Å²) in [5, 5.41) is 3.06. The van der Waals surface area contributed by atoms with Gasteiger partial charge in [0, 0.05) is 0 Å². The summed E-state index contributed by atoms with van der Waals surface area (Å²) in [5.41, 5.74) is 5.46. The maximum Gasteiger partial charge on any atom is 0.106 e. The second-order valence-corrected chi connectivity index (χ2v) is 2.59. The van der Waals surface area contributed by atoms with Gasteiger partial charge in [-0.15, -0.1) is 0 Å². The van der Waals surface area contributed by atoms with E-state index in [4.69, 9.17) is 10.5 Å². The zero-order valence-electron chi connectivity index (χ0n) is 8.10. The van der Waals surface area contributed by atoms with Crippen molar-refractivity contribution in [2.45, 2.75) is 19.8 Å². The molecule has 3 N–H and O–H groups in total. The minimum Gasteiger partial charge on any atom is -0.497 e. The van der Waals surface area contributed by atoms with Crippen molar-refractivity contribution in [2.75, 3.05) is 26.7 Å². The summed E-state index contributed by atoms with van der Waals surface area (Å²) >= 11 is 0. The SMILES string of the molecule is CC/C=C(/CN)OCCCNC. The Kier molecular flexibility index (Phi) is 8.17. The second kappa shape index (κ2) is 8.56. The Hall–Kier alpha value is -0.540. The van der Waals surface area contributed by atoms with Gasteiger partial charge in [-0.1, -0.05) is 6.92 Å². The van der Waals surface area contributed by atoms with Crippen LogP contribution in [0.25, 0.3) is 0 Å². The normalized spacial score (nSPS) is 11.8. The van der Waals surface area contributed by atoms with Crippen molar-refractivity contribution in [3.05, 3.63) is 11.8 Å². The molecule has 0 unspecified atom stereocenters. The largest absolute Gasteiger partial charge is 0.497 e. The molecular formula is C9H20N2O. The maximum atomic E-state index is 5.46. The molecule has 0 radical (unpaired) electrons. The highest BCUT2D eigenvalue weighted by Gasteiger charge is 1.93. The van der Waals surface area contributed by atoms with Gasteiger partial charge in [0.1, 0.15) is 5.76 Å². The van der Waals surface area contributed by atoms with Crippen LogP contribution in [0.4, 0.5) is 0 Å². The lowest BCUT2D eigenvalue weighted by Gasteiger charge is -2.07. The third-order valence-electron chi connectivity index (χ3n) is 1.49. The summed E-state index contributed by atoms with van der Waals surface area (Å²) in [5.74, 6) is 0.911. The number of nitrogens with two attached hydrogens (primary N) is 1. The van der Waals surface area contributed by atoms with Crippen LogP contribution in [-0.4, -0.2) is 26.7 Å². The van der Waals surface area contributed by atoms with Gasteiger partial charge < -0.3 is 15.8 Å². The van der Waals surface area contributed by atoms with Gasteiger partial charge in [0.05, 0.1) is 13.2 Å². The van der Waals surface area contributed by atoms with E-state index in [0.717, 1.165) is 31.8 Å². The van der Waals surface area contributed by atoms with Crippen LogP contribution in [-0.2, 0) is 4.74 Å². The smallest absolute Gasteiger partial charge is 0.106 e. The van der Waals surface area contributed by atoms with Crippen molar-refractivity contribution in [2.24, 2.45) is 5.73 Å². The van der Waals surface area contributed by atoms with Crippen LogP contribution < -0.4 is 11.1 Å². The van der Waals surface area contributed by atoms with Gasteiger partial charge in [0.15, 0.2) is 0 Å². The number of nitrogens with one attached hydrogen (secondary N) is 1. The fourth-order valence-corrected chi connectivity index (χ4v) is 0.881. The van der Waals surface area contributed by atoms with Crippen LogP contribution in [0.2, 0.25) is 0 Å². The first-order chi connectivity index (χ1) is 5.85. The third-order valence-corrected chi connectivity index (χ3v) is 1.49. The molecule has 0 rings (SSSR count). The molecule has 0 aliphatic carbocycles. The number of allylic oxidation sites excluding steroid dienone is 1. The van der Waals surface area contributed by atoms with Gasteiger partial charge in [-0.2, -0.15) is 0 Å². The Labute approximate surface area is 75.0 Å². The number of hydrogen-bond donors (Lipinski definition) is 2. The summed E-state index contributed by atoms with van der Waals surface area (Å²) in [4.78, 5) is 0. The number of rotatable bonds is 7. The molecule has 0 aliphatic heterocycles. The average Bonchev–Trinajstić information content (AvgIpc) is 2.10. The highest BCUT2D eigenvalue weighted by Crippen LogP contribution is 1.97. The zero-order chi connectivity index (χ0) is 9.23. The lowest BCUT2D eigenvalue weighted by molar-refractivity contribution is 0.204. The fourth-order valence-electron chi connectivity index (χ4n) is 0.881. The van der Waals surface area contributed by atoms with Crippen molar-refractivity contribution < 1.29 is 4.74 Å². The van der Waals surface area contributed by atoms with E-state index in [0.29, 0.717) is 6.54 Å². The summed E-state index contributed by atoms with van der Waals surface area (Å²) in [6, 6.07) is 0. The molecule has 0 spiro atoms. The Balaban J connectivity index is 3.38. The van der Waals surface area contributed by atoms with Crippen LogP contribution in [0, 0.1) is 0 Å². The molecular weight excluding hydrogens is 152 g/mol. The second-order valence-electron chi connectivity index (χ2n) is 2.59. The average molecular weight is 172 g/mol. The Bertz CT molecular complexity index is 124. The highest BCUT2D eigenvalue weighted by atomic mass is 16.5. The molecule has 0 fully saturated rings. The fraction of sp³-hybridized carbons (Fsp3) is 0.778. The van der Waals surface area contributed by atoms with E-state index in [1.165, 1.54) is 0 Å². The topological polar surface area (TPSA) is 47.3 Å². The summed E-state index contributed by atoms with van der Waals surface area (Å²) in [7, 11) is 1.94. The van der Waals surface area contributed by atoms with Gasteiger partial charge in [0.25, 0.3) is 0 Å². The van der Waals surface area contributed by atoms with Crippen molar-refractivity contribution >= 4 is 0 Å². The monoisotopic (exact) mass is 172 g/mol. The molecule has 3 nitrogen and oxygen atoms in total. The molecule has 0 aliphatic rings. The van der Waals surface area contributed by atoms with Gasteiger partial charge in [-0.3, -0.25) is 0 Å². The van der Waals surface area contributed by atoms with E-state index < -0.39 is 0 Å². The molecule has 0 bridgehead atoms. The third kappa shape index (κ3) is 6.19. The molecule has 0 aromatic rings. The summed E-state index contributed by atoms with van der Waals surface area (Å²) in [6.07, 6.45) is 4.04. The maximum absolute atomic E-state index is 5.46. The highest BCUT2D eigenvalue weighted by molar-refractivity contribution is 4.93. The molecule has 72 valence electrons. The van der Waals surface area contributed by atoms with E-state index in [-0.39, 0.29) is 0 Å².